The van der Waals surface area contributed by atoms with E-state index in [2.05, 4.69) is 0 Å². The number of aryl methyl sites for hydroxylation is 1. The molecular weight excluding hydrogens is 485 g/mol. The third-order valence-corrected chi connectivity index (χ3v) is 7.04. The molecule has 0 radical (unpaired) electrons. The maximum atomic E-state index is 13.8. The van der Waals surface area contributed by atoms with Crippen LogP contribution >= 0.6 is 0 Å². The van der Waals surface area contributed by atoms with E-state index >= 15 is 0 Å². The number of ether oxygens (including phenoxy) is 2. The molecule has 0 aliphatic carbocycles. The summed E-state index contributed by atoms with van der Waals surface area (Å²) in [6.45, 7) is 12.0. The van der Waals surface area contributed by atoms with Crippen molar-refractivity contribution in [3.05, 3.63) is 87.2 Å². The predicted molar refractivity (Wildman–Crippen MR) is 144 cm³/mol. The third-order valence-electron chi connectivity index (χ3n) is 7.04. The molecule has 0 saturated carbocycles. The van der Waals surface area contributed by atoms with Crippen LogP contribution in [0.1, 0.15) is 70.6 Å². The highest BCUT2D eigenvalue weighted by atomic mass is 19.1. The maximum absolute atomic E-state index is 13.8. The van der Waals surface area contributed by atoms with Crippen LogP contribution in [0.5, 0.6) is 5.75 Å². The Bertz CT molecular complexity index is 1420. The SMILES string of the molecule is COc1ccc(-c2c(C)c3c(c(C)c2C(OC(C)(C)C)C(=O)O)CN(C(=O)c2cccc(F)c2)C3)c(C)c1. The van der Waals surface area contributed by atoms with Gasteiger partial charge in [0.1, 0.15) is 11.6 Å². The van der Waals surface area contributed by atoms with Crippen LogP contribution in [0.25, 0.3) is 11.1 Å². The van der Waals surface area contributed by atoms with Crippen molar-refractivity contribution in [1.82, 2.24) is 4.90 Å². The summed E-state index contributed by atoms with van der Waals surface area (Å²) in [7, 11) is 1.60. The van der Waals surface area contributed by atoms with Crippen molar-refractivity contribution in [2.24, 2.45) is 0 Å². The Morgan fingerprint density at radius 3 is 2.21 bits per heavy atom. The molecule has 3 aromatic rings. The second kappa shape index (κ2) is 10.2. The van der Waals surface area contributed by atoms with Gasteiger partial charge in [-0.25, -0.2) is 9.18 Å². The summed E-state index contributed by atoms with van der Waals surface area (Å²) in [5.41, 5.74) is 6.29. The number of nitrogens with zero attached hydrogens (tertiary/aromatic N) is 1. The molecule has 1 N–H and O–H groups in total. The van der Waals surface area contributed by atoms with Gasteiger partial charge in [0, 0.05) is 24.2 Å². The summed E-state index contributed by atoms with van der Waals surface area (Å²) in [4.78, 5) is 27.6. The lowest BCUT2D eigenvalue weighted by atomic mass is 9.82. The van der Waals surface area contributed by atoms with Crippen LogP contribution in [-0.4, -0.2) is 34.6 Å². The number of carboxylic acid groups (broad SMARTS) is 1. The zero-order valence-electron chi connectivity index (χ0n) is 22.9. The summed E-state index contributed by atoms with van der Waals surface area (Å²) in [5.74, 6) is -1.12. The molecular formula is C31H34FNO5. The van der Waals surface area contributed by atoms with Gasteiger partial charge in [0.05, 0.1) is 12.7 Å². The Morgan fingerprint density at radius 1 is 1.00 bits per heavy atom. The fourth-order valence-electron chi connectivity index (χ4n) is 5.27. The highest BCUT2D eigenvalue weighted by Gasteiger charge is 2.36. The van der Waals surface area contributed by atoms with E-state index < -0.39 is 23.5 Å². The van der Waals surface area contributed by atoms with Gasteiger partial charge in [-0.15, -0.1) is 0 Å². The number of halogens is 1. The molecule has 6 nitrogen and oxygen atoms in total. The molecule has 0 fully saturated rings. The van der Waals surface area contributed by atoms with Crippen molar-refractivity contribution in [3.63, 3.8) is 0 Å². The quantitative estimate of drug-likeness (QED) is 0.401. The van der Waals surface area contributed by atoms with E-state index in [1.54, 1.807) is 18.1 Å². The molecule has 1 atom stereocenters. The Hall–Kier alpha value is -3.71. The normalized spacial score (nSPS) is 13.8. The summed E-state index contributed by atoms with van der Waals surface area (Å²) in [6, 6.07) is 11.4. The summed E-state index contributed by atoms with van der Waals surface area (Å²) in [6.07, 6.45) is -1.22. The van der Waals surface area contributed by atoms with E-state index in [-0.39, 0.29) is 11.5 Å². The van der Waals surface area contributed by atoms with Crippen LogP contribution in [0.4, 0.5) is 4.39 Å². The standard InChI is InChI=1S/C31H34FNO5/c1-17-13-22(37-7)11-12-23(17)26-18(2)24-15-33(29(34)20-9-8-10-21(32)14-20)16-25(24)19(3)27(26)28(30(35)36)38-31(4,5)6/h8-14,28H,15-16H2,1-7H3,(H,35,36). The molecule has 0 bridgehead atoms. The summed E-state index contributed by atoms with van der Waals surface area (Å²) in [5, 5.41) is 10.3. The monoisotopic (exact) mass is 519 g/mol. The molecule has 38 heavy (non-hydrogen) atoms. The fourth-order valence-corrected chi connectivity index (χ4v) is 5.27. The topological polar surface area (TPSA) is 76.1 Å². The minimum atomic E-state index is -1.22. The smallest absolute Gasteiger partial charge is 0.337 e. The number of fused-ring (bicyclic) bond motifs is 1. The van der Waals surface area contributed by atoms with E-state index in [0.717, 1.165) is 38.9 Å². The number of carbonyl (C=O) groups is 2. The van der Waals surface area contributed by atoms with E-state index in [1.807, 2.05) is 59.7 Å². The van der Waals surface area contributed by atoms with Crippen LogP contribution in [0, 0.1) is 26.6 Å². The second-order valence-electron chi connectivity index (χ2n) is 10.8. The van der Waals surface area contributed by atoms with Crippen molar-refractivity contribution < 1.29 is 28.6 Å². The number of aliphatic carboxylic acids is 1. The molecule has 1 unspecified atom stereocenters. The number of amides is 1. The highest BCUT2D eigenvalue weighted by molar-refractivity contribution is 5.95. The number of rotatable bonds is 6. The maximum Gasteiger partial charge on any atom is 0.337 e. The Balaban J connectivity index is 1.93. The van der Waals surface area contributed by atoms with Crippen molar-refractivity contribution >= 4 is 11.9 Å². The number of carboxylic acids is 1. The molecule has 0 saturated heterocycles. The van der Waals surface area contributed by atoms with Crippen LogP contribution < -0.4 is 4.74 Å². The molecule has 3 aromatic carbocycles. The van der Waals surface area contributed by atoms with Gasteiger partial charge in [-0.05, 0) is 111 Å². The van der Waals surface area contributed by atoms with Crippen molar-refractivity contribution in [2.75, 3.05) is 7.11 Å². The van der Waals surface area contributed by atoms with E-state index in [4.69, 9.17) is 9.47 Å². The molecule has 1 aliphatic heterocycles. The van der Waals surface area contributed by atoms with Gasteiger partial charge < -0.3 is 19.5 Å². The lowest BCUT2D eigenvalue weighted by molar-refractivity contribution is -0.160. The molecule has 0 aromatic heterocycles. The lowest BCUT2D eigenvalue weighted by Crippen LogP contribution is -2.28. The third kappa shape index (κ3) is 5.16. The number of benzene rings is 3. The van der Waals surface area contributed by atoms with Crippen LogP contribution in [0.2, 0.25) is 0 Å². The number of hydrogen-bond acceptors (Lipinski definition) is 4. The second-order valence-corrected chi connectivity index (χ2v) is 10.8. The first kappa shape index (κ1) is 27.3. The van der Waals surface area contributed by atoms with Crippen LogP contribution in [0.15, 0.2) is 42.5 Å². The Morgan fingerprint density at radius 2 is 1.66 bits per heavy atom. The van der Waals surface area contributed by atoms with Crippen LogP contribution in [0.3, 0.4) is 0 Å². The first-order chi connectivity index (χ1) is 17.8. The van der Waals surface area contributed by atoms with Gasteiger partial charge in [-0.1, -0.05) is 12.1 Å². The Labute approximate surface area is 223 Å². The van der Waals surface area contributed by atoms with E-state index in [0.29, 0.717) is 24.4 Å². The molecule has 1 aliphatic rings. The van der Waals surface area contributed by atoms with Gasteiger partial charge >= 0.3 is 5.97 Å². The highest BCUT2D eigenvalue weighted by Crippen LogP contribution is 2.45. The number of hydrogen-bond donors (Lipinski definition) is 1. The number of methoxy groups -OCH3 is 1. The summed E-state index contributed by atoms with van der Waals surface area (Å²) >= 11 is 0. The van der Waals surface area contributed by atoms with Gasteiger partial charge in [0.25, 0.3) is 5.91 Å². The fraction of sp³-hybridized carbons (Fsp3) is 0.355. The van der Waals surface area contributed by atoms with Crippen molar-refractivity contribution in [1.29, 1.82) is 0 Å². The molecule has 0 spiro atoms. The molecule has 1 heterocycles. The molecule has 1 amide bonds. The van der Waals surface area contributed by atoms with Crippen LogP contribution in [-0.2, 0) is 22.6 Å². The Kier molecular flexibility index (Phi) is 7.35. The lowest BCUT2D eigenvalue weighted by Gasteiger charge is -2.30. The van der Waals surface area contributed by atoms with E-state index in [9.17, 15) is 19.1 Å². The molecule has 7 heteroatoms. The van der Waals surface area contributed by atoms with Crippen molar-refractivity contribution in [2.45, 2.75) is 66.3 Å². The first-order valence-corrected chi connectivity index (χ1v) is 12.6. The first-order valence-electron chi connectivity index (χ1n) is 12.6. The number of carbonyl (C=O) groups excluding carboxylic acids is 1. The van der Waals surface area contributed by atoms with Gasteiger partial charge in [0.15, 0.2) is 6.10 Å². The zero-order chi connectivity index (χ0) is 27.9. The molecule has 200 valence electrons. The zero-order valence-corrected chi connectivity index (χ0v) is 22.9. The van der Waals surface area contributed by atoms with E-state index in [1.165, 1.54) is 18.2 Å². The minimum absolute atomic E-state index is 0.274. The van der Waals surface area contributed by atoms with Gasteiger partial charge in [-0.3, -0.25) is 4.79 Å². The van der Waals surface area contributed by atoms with Gasteiger partial charge in [-0.2, -0.15) is 0 Å². The minimum Gasteiger partial charge on any atom is -0.497 e. The predicted octanol–water partition coefficient (Wildman–Crippen LogP) is 6.52. The average Bonchev–Trinajstić information content (AvgIpc) is 3.30. The van der Waals surface area contributed by atoms with Crippen molar-refractivity contribution in [3.8, 4) is 16.9 Å². The summed E-state index contributed by atoms with van der Waals surface area (Å²) < 4.78 is 25.4. The van der Waals surface area contributed by atoms with Gasteiger partial charge in [0.2, 0.25) is 0 Å². The average molecular weight is 520 g/mol. The largest absolute Gasteiger partial charge is 0.497 e. The molecule has 4 rings (SSSR count).